The lowest BCUT2D eigenvalue weighted by atomic mass is 9.92. The first kappa shape index (κ1) is 14.5. The van der Waals surface area contributed by atoms with Gasteiger partial charge in [-0.1, -0.05) is 0 Å². The van der Waals surface area contributed by atoms with Gasteiger partial charge in [0.2, 0.25) is 5.91 Å². The van der Waals surface area contributed by atoms with Crippen LogP contribution in [0.3, 0.4) is 0 Å². The summed E-state index contributed by atoms with van der Waals surface area (Å²) in [7, 11) is 0. The molecule has 0 saturated carbocycles. The van der Waals surface area contributed by atoms with Crippen molar-refractivity contribution < 1.29 is 9.59 Å². The SMILES string of the molecule is CC(C)(CNC(=O)c1ccc(N)c(Br)c1)C(N)=O. The van der Waals surface area contributed by atoms with E-state index in [1.165, 1.54) is 0 Å². The molecule has 0 unspecified atom stereocenters. The lowest BCUT2D eigenvalue weighted by Gasteiger charge is -2.20. The number of hydrogen-bond acceptors (Lipinski definition) is 3. The van der Waals surface area contributed by atoms with Crippen molar-refractivity contribution in [2.45, 2.75) is 13.8 Å². The fourth-order valence-corrected chi connectivity index (χ4v) is 1.54. The molecule has 0 heterocycles. The summed E-state index contributed by atoms with van der Waals surface area (Å²) in [6, 6.07) is 4.88. The summed E-state index contributed by atoms with van der Waals surface area (Å²) in [5, 5.41) is 2.67. The maximum Gasteiger partial charge on any atom is 0.251 e. The Kier molecular flexibility index (Phi) is 4.34. The Morgan fingerprint density at radius 3 is 2.50 bits per heavy atom. The number of nitrogens with two attached hydrogens (primary N) is 2. The molecule has 0 aliphatic carbocycles. The molecule has 0 spiro atoms. The predicted octanol–water partition coefficient (Wildman–Crippen LogP) is 1.27. The Morgan fingerprint density at radius 1 is 1.39 bits per heavy atom. The molecule has 5 N–H and O–H groups in total. The van der Waals surface area contributed by atoms with Gasteiger partial charge in [0.25, 0.3) is 5.91 Å². The second-order valence-electron chi connectivity index (χ2n) is 4.67. The van der Waals surface area contributed by atoms with Gasteiger partial charge in [0.05, 0.1) is 5.41 Å². The van der Waals surface area contributed by atoms with E-state index in [4.69, 9.17) is 11.5 Å². The summed E-state index contributed by atoms with van der Waals surface area (Å²) in [6.45, 7) is 3.53. The van der Waals surface area contributed by atoms with Crippen LogP contribution in [0.15, 0.2) is 22.7 Å². The molecule has 0 fully saturated rings. The quantitative estimate of drug-likeness (QED) is 0.730. The van der Waals surface area contributed by atoms with E-state index in [9.17, 15) is 9.59 Å². The minimum Gasteiger partial charge on any atom is -0.398 e. The first-order chi connectivity index (χ1) is 8.24. The molecule has 0 atom stereocenters. The molecular formula is C12H16BrN3O2. The fraction of sp³-hybridized carbons (Fsp3) is 0.333. The zero-order valence-corrected chi connectivity index (χ0v) is 11.9. The molecule has 18 heavy (non-hydrogen) atoms. The largest absolute Gasteiger partial charge is 0.398 e. The highest BCUT2D eigenvalue weighted by molar-refractivity contribution is 9.10. The summed E-state index contributed by atoms with van der Waals surface area (Å²) in [5.41, 5.74) is 11.1. The Balaban J connectivity index is 2.72. The van der Waals surface area contributed by atoms with E-state index < -0.39 is 11.3 Å². The van der Waals surface area contributed by atoms with E-state index >= 15 is 0 Å². The maximum atomic E-state index is 11.9. The van der Waals surface area contributed by atoms with Crippen molar-refractivity contribution in [2.75, 3.05) is 12.3 Å². The van der Waals surface area contributed by atoms with Gasteiger partial charge < -0.3 is 16.8 Å². The predicted molar refractivity (Wildman–Crippen MR) is 73.9 cm³/mol. The summed E-state index contributed by atoms with van der Waals surface area (Å²) in [6.07, 6.45) is 0. The number of carbonyl (C=O) groups is 2. The average molecular weight is 314 g/mol. The Bertz CT molecular complexity index is 486. The van der Waals surface area contributed by atoms with Gasteiger partial charge in [0, 0.05) is 22.3 Å². The molecule has 0 aromatic heterocycles. The zero-order valence-electron chi connectivity index (χ0n) is 10.3. The van der Waals surface area contributed by atoms with Crippen LogP contribution in [0.25, 0.3) is 0 Å². The number of amides is 2. The van der Waals surface area contributed by atoms with Gasteiger partial charge in [-0.3, -0.25) is 9.59 Å². The number of nitrogen functional groups attached to an aromatic ring is 1. The van der Waals surface area contributed by atoms with Crippen LogP contribution in [-0.2, 0) is 4.79 Å². The zero-order chi connectivity index (χ0) is 13.9. The summed E-state index contributed by atoms with van der Waals surface area (Å²) < 4.78 is 0.657. The summed E-state index contributed by atoms with van der Waals surface area (Å²) >= 11 is 3.25. The molecule has 1 aromatic carbocycles. The average Bonchev–Trinajstić information content (AvgIpc) is 2.29. The first-order valence-electron chi connectivity index (χ1n) is 5.37. The van der Waals surface area contributed by atoms with Crippen LogP contribution in [0.1, 0.15) is 24.2 Å². The van der Waals surface area contributed by atoms with Gasteiger partial charge in [-0.2, -0.15) is 0 Å². The van der Waals surface area contributed by atoms with Crippen molar-refractivity contribution in [1.82, 2.24) is 5.32 Å². The molecule has 0 aliphatic heterocycles. The van der Waals surface area contributed by atoms with Crippen molar-refractivity contribution >= 4 is 33.4 Å². The molecule has 5 nitrogen and oxygen atoms in total. The number of rotatable bonds is 4. The topological polar surface area (TPSA) is 98.2 Å². The normalized spacial score (nSPS) is 11.1. The molecule has 2 amide bonds. The van der Waals surface area contributed by atoms with Crippen LogP contribution < -0.4 is 16.8 Å². The molecule has 98 valence electrons. The van der Waals surface area contributed by atoms with Crippen LogP contribution in [0.4, 0.5) is 5.69 Å². The lowest BCUT2D eigenvalue weighted by molar-refractivity contribution is -0.125. The third-order valence-electron chi connectivity index (χ3n) is 2.62. The van der Waals surface area contributed by atoms with E-state index in [1.54, 1.807) is 32.0 Å². The number of carbonyl (C=O) groups excluding carboxylic acids is 2. The Morgan fingerprint density at radius 2 is 2.00 bits per heavy atom. The fourth-order valence-electron chi connectivity index (χ4n) is 1.16. The third-order valence-corrected chi connectivity index (χ3v) is 3.31. The highest BCUT2D eigenvalue weighted by Crippen LogP contribution is 2.20. The van der Waals surface area contributed by atoms with Crippen LogP contribution in [0.2, 0.25) is 0 Å². The van der Waals surface area contributed by atoms with Crippen molar-refractivity contribution in [3.63, 3.8) is 0 Å². The Hall–Kier alpha value is -1.56. The van der Waals surface area contributed by atoms with E-state index in [-0.39, 0.29) is 12.5 Å². The minimum atomic E-state index is -0.777. The van der Waals surface area contributed by atoms with Crippen molar-refractivity contribution in [1.29, 1.82) is 0 Å². The lowest BCUT2D eigenvalue weighted by Crippen LogP contribution is -2.42. The first-order valence-corrected chi connectivity index (χ1v) is 6.16. The Labute approximate surface area is 114 Å². The van der Waals surface area contributed by atoms with Gasteiger partial charge in [-0.05, 0) is 48.0 Å². The number of anilines is 1. The molecule has 6 heteroatoms. The number of nitrogens with one attached hydrogen (secondary N) is 1. The monoisotopic (exact) mass is 313 g/mol. The highest BCUT2D eigenvalue weighted by atomic mass is 79.9. The van der Waals surface area contributed by atoms with Crippen LogP contribution in [0.5, 0.6) is 0 Å². The van der Waals surface area contributed by atoms with Gasteiger partial charge in [-0.15, -0.1) is 0 Å². The second kappa shape index (κ2) is 5.39. The van der Waals surface area contributed by atoms with E-state index in [2.05, 4.69) is 21.2 Å². The standard InChI is InChI=1S/C12H16BrN3O2/c1-12(2,11(15)18)6-16-10(17)7-3-4-9(14)8(13)5-7/h3-5H,6,14H2,1-2H3,(H2,15,18)(H,16,17). The molecule has 1 aromatic rings. The van der Waals surface area contributed by atoms with E-state index in [0.717, 1.165) is 0 Å². The van der Waals surface area contributed by atoms with Crippen LogP contribution in [-0.4, -0.2) is 18.4 Å². The number of halogens is 1. The minimum absolute atomic E-state index is 0.184. The second-order valence-corrected chi connectivity index (χ2v) is 5.52. The smallest absolute Gasteiger partial charge is 0.251 e. The number of primary amides is 1. The number of benzene rings is 1. The van der Waals surface area contributed by atoms with Crippen molar-refractivity contribution in [3.8, 4) is 0 Å². The summed E-state index contributed by atoms with van der Waals surface area (Å²) in [5.74, 6) is -0.730. The molecule has 0 radical (unpaired) electrons. The highest BCUT2D eigenvalue weighted by Gasteiger charge is 2.25. The van der Waals surface area contributed by atoms with Crippen molar-refractivity contribution in [3.05, 3.63) is 28.2 Å². The van der Waals surface area contributed by atoms with Gasteiger partial charge in [-0.25, -0.2) is 0 Å². The molecule has 0 bridgehead atoms. The van der Waals surface area contributed by atoms with Gasteiger partial charge in [0.1, 0.15) is 0 Å². The molecule has 0 aliphatic rings. The maximum absolute atomic E-state index is 11.9. The molecule has 0 saturated heterocycles. The van der Waals surface area contributed by atoms with Gasteiger partial charge in [0.15, 0.2) is 0 Å². The molecular weight excluding hydrogens is 298 g/mol. The molecule has 1 rings (SSSR count). The third kappa shape index (κ3) is 3.46. The summed E-state index contributed by atoms with van der Waals surface area (Å²) in [4.78, 5) is 23.0. The van der Waals surface area contributed by atoms with E-state index in [1.807, 2.05) is 0 Å². The number of hydrogen-bond donors (Lipinski definition) is 3. The van der Waals surface area contributed by atoms with Crippen molar-refractivity contribution in [2.24, 2.45) is 11.1 Å². The van der Waals surface area contributed by atoms with E-state index in [0.29, 0.717) is 15.7 Å². The van der Waals surface area contributed by atoms with Crippen LogP contribution >= 0.6 is 15.9 Å². The van der Waals surface area contributed by atoms with Crippen LogP contribution in [0, 0.1) is 5.41 Å². The van der Waals surface area contributed by atoms with Gasteiger partial charge >= 0.3 is 0 Å².